The van der Waals surface area contributed by atoms with Gasteiger partial charge in [0.1, 0.15) is 16.4 Å². The average molecular weight is 404 g/mol. The third-order valence-electron chi connectivity index (χ3n) is 4.11. The quantitative estimate of drug-likeness (QED) is 0.587. The van der Waals surface area contributed by atoms with E-state index in [0.29, 0.717) is 0 Å². The average Bonchev–Trinajstić information content (AvgIpc) is 3.09. The summed E-state index contributed by atoms with van der Waals surface area (Å²) < 4.78 is 52.0. The number of hydrogen-bond donors (Lipinski definition) is 0. The summed E-state index contributed by atoms with van der Waals surface area (Å²) in [5, 5.41) is 0. The maximum atomic E-state index is 14.5. The number of ether oxygens (including phenoxy) is 2. The van der Waals surface area contributed by atoms with Gasteiger partial charge in [-0.25, -0.2) is 21.8 Å². The fraction of sp³-hybridized carbons (Fsp3) is 0.158. The SMILES string of the molecule is COc1ccc(S(=O)(=O)n2cc(C(C)=O)c(OC)c2-c2ccccc2F)cn1. The van der Waals surface area contributed by atoms with E-state index < -0.39 is 21.6 Å². The van der Waals surface area contributed by atoms with E-state index in [1.807, 2.05) is 0 Å². The topological polar surface area (TPSA) is 87.5 Å². The van der Waals surface area contributed by atoms with Crippen molar-refractivity contribution in [3.05, 3.63) is 60.2 Å². The van der Waals surface area contributed by atoms with E-state index in [4.69, 9.17) is 9.47 Å². The van der Waals surface area contributed by atoms with Gasteiger partial charge in [0, 0.05) is 17.8 Å². The zero-order chi connectivity index (χ0) is 20.5. The van der Waals surface area contributed by atoms with Crippen molar-refractivity contribution in [2.75, 3.05) is 14.2 Å². The lowest BCUT2D eigenvalue weighted by atomic mass is 10.1. The summed E-state index contributed by atoms with van der Waals surface area (Å²) in [4.78, 5) is 15.8. The lowest BCUT2D eigenvalue weighted by Gasteiger charge is -2.13. The second-order valence-corrected chi connectivity index (χ2v) is 7.61. The molecule has 0 aliphatic rings. The Morgan fingerprint density at radius 2 is 1.82 bits per heavy atom. The Morgan fingerprint density at radius 1 is 1.11 bits per heavy atom. The van der Waals surface area contributed by atoms with Gasteiger partial charge in [0.05, 0.1) is 26.0 Å². The lowest BCUT2D eigenvalue weighted by molar-refractivity contribution is 0.101. The van der Waals surface area contributed by atoms with Crippen molar-refractivity contribution < 1.29 is 27.1 Å². The fourth-order valence-corrected chi connectivity index (χ4v) is 4.08. The van der Waals surface area contributed by atoms with Crippen LogP contribution in [0.5, 0.6) is 11.6 Å². The minimum atomic E-state index is -4.21. The molecule has 0 aliphatic heterocycles. The van der Waals surface area contributed by atoms with Crippen LogP contribution in [0.4, 0.5) is 4.39 Å². The molecule has 0 bridgehead atoms. The third-order valence-corrected chi connectivity index (χ3v) is 5.76. The van der Waals surface area contributed by atoms with Crippen LogP contribution in [0.2, 0.25) is 0 Å². The molecule has 0 aliphatic carbocycles. The first kappa shape index (κ1) is 19.6. The van der Waals surface area contributed by atoms with Crippen LogP contribution in [0.15, 0.2) is 53.7 Å². The summed E-state index contributed by atoms with van der Waals surface area (Å²) in [5.41, 5.74) is -0.0793. The number of rotatable bonds is 6. The van der Waals surface area contributed by atoms with Crippen LogP contribution in [-0.4, -0.2) is 37.4 Å². The predicted octanol–water partition coefficient (Wildman–Crippen LogP) is 3.15. The molecule has 0 N–H and O–H groups in total. The highest BCUT2D eigenvalue weighted by Gasteiger charge is 2.30. The van der Waals surface area contributed by atoms with Gasteiger partial charge in [0.25, 0.3) is 10.0 Å². The molecule has 2 aromatic heterocycles. The number of Topliss-reactive ketones (excluding diaryl/α,β-unsaturated/α-hetero) is 1. The van der Waals surface area contributed by atoms with Crippen molar-refractivity contribution in [2.45, 2.75) is 11.8 Å². The molecule has 0 radical (unpaired) electrons. The molecule has 0 amide bonds. The Bertz CT molecular complexity index is 1140. The number of hydrogen-bond acceptors (Lipinski definition) is 6. The number of halogens is 1. The highest BCUT2D eigenvalue weighted by Crippen LogP contribution is 2.39. The number of nitrogens with zero attached hydrogens (tertiary/aromatic N) is 2. The molecule has 0 atom stereocenters. The van der Waals surface area contributed by atoms with Gasteiger partial charge in [0.15, 0.2) is 11.5 Å². The molecule has 0 unspecified atom stereocenters. The lowest BCUT2D eigenvalue weighted by Crippen LogP contribution is -2.14. The Balaban J connectivity index is 2.33. The molecule has 3 rings (SSSR count). The number of methoxy groups -OCH3 is 2. The number of aromatic nitrogens is 2. The van der Waals surface area contributed by atoms with Gasteiger partial charge in [-0.2, -0.15) is 0 Å². The highest BCUT2D eigenvalue weighted by molar-refractivity contribution is 7.90. The van der Waals surface area contributed by atoms with Gasteiger partial charge in [-0.05, 0) is 25.1 Å². The first-order chi connectivity index (χ1) is 13.3. The first-order valence-electron chi connectivity index (χ1n) is 8.12. The summed E-state index contributed by atoms with van der Waals surface area (Å²) in [7, 11) is -1.51. The van der Waals surface area contributed by atoms with Crippen molar-refractivity contribution in [3.8, 4) is 22.9 Å². The predicted molar refractivity (Wildman–Crippen MR) is 99.8 cm³/mol. The molecule has 2 heterocycles. The normalized spacial score (nSPS) is 11.3. The number of carbonyl (C=O) groups excluding carboxylic acids is 1. The largest absolute Gasteiger partial charge is 0.494 e. The maximum Gasteiger partial charge on any atom is 0.269 e. The number of benzene rings is 1. The van der Waals surface area contributed by atoms with E-state index >= 15 is 0 Å². The summed E-state index contributed by atoms with van der Waals surface area (Å²) in [6.07, 6.45) is 2.25. The van der Waals surface area contributed by atoms with Crippen LogP contribution >= 0.6 is 0 Å². The Hall–Kier alpha value is -3.20. The second-order valence-electron chi connectivity index (χ2n) is 5.80. The molecule has 9 heteroatoms. The standard InChI is InChI=1S/C19H17FN2O5S/c1-12(23)15-11-22(28(24,25)13-8-9-17(26-2)21-10-13)18(19(15)27-3)14-6-4-5-7-16(14)20/h4-11H,1-3H3. The van der Waals surface area contributed by atoms with Crippen molar-refractivity contribution in [1.29, 1.82) is 0 Å². The zero-order valence-electron chi connectivity index (χ0n) is 15.3. The summed E-state index contributed by atoms with van der Waals surface area (Å²) in [6.45, 7) is 1.27. The fourth-order valence-electron chi connectivity index (χ4n) is 2.76. The van der Waals surface area contributed by atoms with Crippen LogP contribution in [0.3, 0.4) is 0 Å². The number of carbonyl (C=O) groups is 1. The monoisotopic (exact) mass is 404 g/mol. The van der Waals surface area contributed by atoms with E-state index in [9.17, 15) is 17.6 Å². The van der Waals surface area contributed by atoms with Gasteiger partial charge < -0.3 is 9.47 Å². The van der Waals surface area contributed by atoms with E-state index in [1.165, 1.54) is 51.5 Å². The minimum absolute atomic E-state index is 0.0168. The van der Waals surface area contributed by atoms with E-state index in [2.05, 4.69) is 4.98 Å². The molecule has 146 valence electrons. The van der Waals surface area contributed by atoms with Crippen LogP contribution in [0.1, 0.15) is 17.3 Å². The highest BCUT2D eigenvalue weighted by atomic mass is 32.2. The number of pyridine rings is 1. The van der Waals surface area contributed by atoms with Gasteiger partial charge in [-0.15, -0.1) is 0 Å². The third kappa shape index (κ3) is 3.24. The molecular weight excluding hydrogens is 387 g/mol. The second kappa shape index (κ2) is 7.43. The van der Waals surface area contributed by atoms with E-state index in [-0.39, 0.29) is 33.3 Å². The van der Waals surface area contributed by atoms with Crippen LogP contribution < -0.4 is 9.47 Å². The van der Waals surface area contributed by atoms with Crippen molar-refractivity contribution >= 4 is 15.8 Å². The van der Waals surface area contributed by atoms with Gasteiger partial charge in [0.2, 0.25) is 5.88 Å². The summed E-state index contributed by atoms with van der Waals surface area (Å²) in [5.74, 6) is -0.861. The molecule has 3 aromatic rings. The van der Waals surface area contributed by atoms with Gasteiger partial charge in [-0.3, -0.25) is 4.79 Å². The first-order valence-corrected chi connectivity index (χ1v) is 9.56. The zero-order valence-corrected chi connectivity index (χ0v) is 16.2. The Kier molecular flexibility index (Phi) is 5.19. The van der Waals surface area contributed by atoms with Gasteiger partial charge >= 0.3 is 0 Å². The Morgan fingerprint density at radius 3 is 2.36 bits per heavy atom. The summed E-state index contributed by atoms with van der Waals surface area (Å²) >= 11 is 0. The summed E-state index contributed by atoms with van der Waals surface area (Å²) in [6, 6.07) is 8.35. The van der Waals surface area contributed by atoms with Crippen molar-refractivity contribution in [3.63, 3.8) is 0 Å². The molecule has 0 spiro atoms. The van der Waals surface area contributed by atoms with Crippen molar-refractivity contribution in [2.24, 2.45) is 0 Å². The molecule has 0 saturated heterocycles. The van der Waals surface area contributed by atoms with Crippen LogP contribution in [0, 0.1) is 5.82 Å². The Labute approximate surface area is 161 Å². The number of ketones is 1. The van der Waals surface area contributed by atoms with E-state index in [0.717, 1.165) is 16.4 Å². The molecule has 0 fully saturated rings. The molecule has 0 saturated carbocycles. The molecular formula is C19H17FN2O5S. The van der Waals surface area contributed by atoms with Crippen LogP contribution in [0.25, 0.3) is 11.3 Å². The maximum absolute atomic E-state index is 14.5. The van der Waals surface area contributed by atoms with Crippen molar-refractivity contribution in [1.82, 2.24) is 8.96 Å². The molecule has 28 heavy (non-hydrogen) atoms. The van der Waals surface area contributed by atoms with E-state index in [1.54, 1.807) is 6.07 Å². The molecule has 7 nitrogen and oxygen atoms in total. The smallest absolute Gasteiger partial charge is 0.269 e. The van der Waals surface area contributed by atoms with Gasteiger partial charge in [-0.1, -0.05) is 12.1 Å². The van der Waals surface area contributed by atoms with Crippen LogP contribution in [-0.2, 0) is 10.0 Å². The molecule has 1 aromatic carbocycles. The minimum Gasteiger partial charge on any atom is -0.494 e.